The summed E-state index contributed by atoms with van der Waals surface area (Å²) in [6, 6.07) is 39.0. The van der Waals surface area contributed by atoms with Crippen LogP contribution in [0.2, 0.25) is 0 Å². The van der Waals surface area contributed by atoms with Gasteiger partial charge >= 0.3 is 0 Å². The van der Waals surface area contributed by atoms with E-state index in [1.165, 1.54) is 70.2 Å². The van der Waals surface area contributed by atoms with E-state index in [1.54, 1.807) is 0 Å². The third-order valence-electron chi connectivity index (χ3n) is 11.8. The molecule has 5 aromatic rings. The van der Waals surface area contributed by atoms with Crippen molar-refractivity contribution in [2.45, 2.75) is 130 Å². The number of aromatic nitrogens is 1. The minimum Gasteiger partial charge on any atom is -0.354 e. The van der Waals surface area contributed by atoms with Crippen molar-refractivity contribution < 1.29 is 0 Å². The number of aromatic amines is 1. The van der Waals surface area contributed by atoms with Crippen molar-refractivity contribution in [2.24, 2.45) is 4.99 Å². The number of allylic oxidation sites excluding steroid dienone is 2. The third kappa shape index (κ3) is 9.24. The van der Waals surface area contributed by atoms with E-state index in [2.05, 4.69) is 190 Å². The molecule has 0 fully saturated rings. The topological polar surface area (TPSA) is 28.1 Å². The van der Waals surface area contributed by atoms with Gasteiger partial charge in [0.2, 0.25) is 0 Å². The normalized spacial score (nSPS) is 14.8. The van der Waals surface area contributed by atoms with Gasteiger partial charge in [0.05, 0.1) is 11.4 Å². The van der Waals surface area contributed by atoms with Crippen LogP contribution in [0.15, 0.2) is 120 Å². The summed E-state index contributed by atoms with van der Waals surface area (Å²) in [7, 11) is 0. The molecule has 0 spiro atoms. The lowest BCUT2D eigenvalue weighted by Crippen LogP contribution is -2.10. The molecule has 1 aliphatic heterocycles. The highest BCUT2D eigenvalue weighted by molar-refractivity contribution is 6.18. The van der Waals surface area contributed by atoms with Crippen LogP contribution in [0, 0.1) is 0 Å². The highest BCUT2D eigenvalue weighted by Gasteiger charge is 2.22. The lowest BCUT2D eigenvalue weighted by Gasteiger charge is -2.19. The molecule has 0 amide bonds. The van der Waals surface area contributed by atoms with Crippen molar-refractivity contribution in [3.8, 4) is 22.4 Å². The molecular formula is C53H64N2. The Balaban J connectivity index is 1.46. The van der Waals surface area contributed by atoms with Gasteiger partial charge in [0.1, 0.15) is 0 Å². The number of aliphatic imine (C=N–C) groups is 1. The zero-order valence-corrected chi connectivity index (χ0v) is 35.3. The molecule has 1 aromatic heterocycles. The van der Waals surface area contributed by atoms with Gasteiger partial charge in [0.15, 0.2) is 0 Å². The van der Waals surface area contributed by atoms with Crippen LogP contribution in [-0.2, 0) is 10.8 Å². The van der Waals surface area contributed by atoms with Gasteiger partial charge in [-0.2, -0.15) is 0 Å². The molecule has 0 aliphatic carbocycles. The summed E-state index contributed by atoms with van der Waals surface area (Å²) in [5, 5.41) is 0. The number of nitrogens with one attached hydrogen (secondary N) is 1. The summed E-state index contributed by atoms with van der Waals surface area (Å²) in [6.45, 7) is 22.8. The molecular weight excluding hydrogens is 665 g/mol. The van der Waals surface area contributed by atoms with E-state index in [0.29, 0.717) is 11.8 Å². The zero-order valence-electron chi connectivity index (χ0n) is 35.3. The van der Waals surface area contributed by atoms with E-state index in [9.17, 15) is 0 Å². The van der Waals surface area contributed by atoms with Crippen molar-refractivity contribution in [2.75, 3.05) is 0 Å². The Labute approximate surface area is 333 Å². The summed E-state index contributed by atoms with van der Waals surface area (Å²) in [5.74, 6) is 1.20. The Morgan fingerprint density at radius 3 is 1.58 bits per heavy atom. The summed E-state index contributed by atoms with van der Waals surface area (Å²) < 4.78 is 0. The van der Waals surface area contributed by atoms with Crippen LogP contribution in [0.3, 0.4) is 0 Å². The first-order valence-corrected chi connectivity index (χ1v) is 21.0. The SMILES string of the molecule is CCCCC(CC)c1ccc(C2=N/C(=C\c3[nH]c(-c4ccc(C(CC)CC)cc4)cc3-c3ccc(C(C)(C)C)cc3)C(c3ccc(C(C)(C)C)cc3)=C2)cc1. The lowest BCUT2D eigenvalue weighted by molar-refractivity contribution is 0.570. The van der Waals surface area contributed by atoms with Gasteiger partial charge < -0.3 is 4.98 Å². The van der Waals surface area contributed by atoms with Crippen LogP contribution >= 0.6 is 0 Å². The summed E-state index contributed by atoms with van der Waals surface area (Å²) >= 11 is 0. The molecule has 2 heterocycles. The van der Waals surface area contributed by atoms with Gasteiger partial charge in [-0.1, -0.05) is 179 Å². The quantitative estimate of drug-likeness (QED) is 0.125. The van der Waals surface area contributed by atoms with Crippen molar-refractivity contribution in [3.63, 3.8) is 0 Å². The van der Waals surface area contributed by atoms with Gasteiger partial charge in [-0.15, -0.1) is 0 Å². The number of unbranched alkanes of at least 4 members (excludes halogenated alkanes) is 1. The maximum absolute atomic E-state index is 5.40. The number of rotatable bonds is 13. The number of hydrogen-bond donors (Lipinski definition) is 1. The Morgan fingerprint density at radius 2 is 1.07 bits per heavy atom. The molecule has 2 heteroatoms. The van der Waals surface area contributed by atoms with E-state index in [-0.39, 0.29) is 10.8 Å². The highest BCUT2D eigenvalue weighted by Crippen LogP contribution is 2.38. The third-order valence-corrected chi connectivity index (χ3v) is 11.8. The fourth-order valence-electron chi connectivity index (χ4n) is 8.02. The number of benzene rings is 4. The second-order valence-corrected chi connectivity index (χ2v) is 17.8. The predicted octanol–water partition coefficient (Wildman–Crippen LogP) is 15.5. The Hall–Kier alpha value is -4.69. The Morgan fingerprint density at radius 1 is 0.582 bits per heavy atom. The first kappa shape index (κ1) is 40.0. The number of nitrogens with zero attached hydrogens (tertiary/aromatic N) is 1. The van der Waals surface area contributed by atoms with E-state index in [1.807, 2.05) is 0 Å². The molecule has 0 saturated carbocycles. The van der Waals surface area contributed by atoms with E-state index in [4.69, 9.17) is 4.99 Å². The average Bonchev–Trinajstić information content (AvgIpc) is 3.80. The van der Waals surface area contributed by atoms with Gasteiger partial charge in [-0.3, -0.25) is 0 Å². The molecule has 0 radical (unpaired) electrons. The molecule has 286 valence electrons. The molecule has 6 rings (SSSR count). The van der Waals surface area contributed by atoms with Crippen LogP contribution < -0.4 is 0 Å². The van der Waals surface area contributed by atoms with Gasteiger partial charge in [-0.25, -0.2) is 4.99 Å². The van der Waals surface area contributed by atoms with E-state index < -0.39 is 0 Å². The average molecular weight is 729 g/mol. The largest absolute Gasteiger partial charge is 0.354 e. The van der Waals surface area contributed by atoms with Crippen LogP contribution in [0.5, 0.6) is 0 Å². The minimum absolute atomic E-state index is 0.0857. The van der Waals surface area contributed by atoms with Crippen molar-refractivity contribution >= 4 is 17.4 Å². The molecule has 1 atom stereocenters. The molecule has 1 N–H and O–H groups in total. The fourth-order valence-corrected chi connectivity index (χ4v) is 8.02. The number of hydrogen-bond acceptors (Lipinski definition) is 1. The van der Waals surface area contributed by atoms with Gasteiger partial charge in [0, 0.05) is 28.1 Å². The monoisotopic (exact) mass is 729 g/mol. The molecule has 0 bridgehead atoms. The molecule has 2 nitrogen and oxygen atoms in total. The number of H-pyrrole nitrogens is 1. The summed E-state index contributed by atoms with van der Waals surface area (Å²) in [5.41, 5.74) is 16.9. The summed E-state index contributed by atoms with van der Waals surface area (Å²) in [4.78, 5) is 9.28. The van der Waals surface area contributed by atoms with E-state index in [0.717, 1.165) is 46.8 Å². The van der Waals surface area contributed by atoms with Crippen LogP contribution in [0.25, 0.3) is 34.0 Å². The predicted molar refractivity (Wildman–Crippen MR) is 240 cm³/mol. The second kappa shape index (κ2) is 17.0. The van der Waals surface area contributed by atoms with Crippen LogP contribution in [0.1, 0.15) is 159 Å². The smallest absolute Gasteiger partial charge is 0.0737 e. The van der Waals surface area contributed by atoms with Crippen LogP contribution in [-0.4, -0.2) is 10.7 Å². The zero-order chi connectivity index (χ0) is 39.3. The Bertz CT molecular complexity index is 2110. The van der Waals surface area contributed by atoms with Crippen molar-refractivity contribution in [1.82, 2.24) is 4.98 Å². The fraction of sp³-hybridized carbons (Fsp3) is 0.377. The molecule has 4 aromatic carbocycles. The van der Waals surface area contributed by atoms with Gasteiger partial charge in [0.25, 0.3) is 0 Å². The minimum atomic E-state index is 0.0857. The molecule has 55 heavy (non-hydrogen) atoms. The van der Waals surface area contributed by atoms with E-state index >= 15 is 0 Å². The maximum Gasteiger partial charge on any atom is 0.0737 e. The van der Waals surface area contributed by atoms with Crippen molar-refractivity contribution in [1.29, 1.82) is 0 Å². The first-order chi connectivity index (χ1) is 26.3. The molecule has 1 unspecified atom stereocenters. The van der Waals surface area contributed by atoms with Crippen LogP contribution in [0.4, 0.5) is 0 Å². The lowest BCUT2D eigenvalue weighted by atomic mass is 9.86. The highest BCUT2D eigenvalue weighted by atomic mass is 14.8. The molecule has 0 saturated heterocycles. The second-order valence-electron chi connectivity index (χ2n) is 17.8. The maximum atomic E-state index is 5.40. The van der Waals surface area contributed by atoms with Gasteiger partial charge in [-0.05, 0) is 106 Å². The standard InChI is InChI=1S/C53H64N2/c1-11-15-16-37(14-4)39-19-23-43(24-20-39)49-34-47(41-27-31-45(32-28-41)53(8,9)10)51(55-49)35-50-46(40-25-29-44(30-26-40)52(5,6)7)33-48(54-50)42-21-17-38(18-22-42)36(12-2)13-3/h17-37,54H,11-16H2,1-10H3/b51-35-. The summed E-state index contributed by atoms with van der Waals surface area (Å²) in [6.07, 6.45) is 11.8. The van der Waals surface area contributed by atoms with Crippen molar-refractivity contribution in [3.05, 3.63) is 154 Å². The molecule has 1 aliphatic rings. The first-order valence-electron chi connectivity index (χ1n) is 21.0. The Kier molecular flexibility index (Phi) is 12.3.